The molecular formula is C49H60N3O8. The molecule has 0 aliphatic carbocycles. The highest BCUT2D eigenvalue weighted by Crippen LogP contribution is 2.44. The highest BCUT2D eigenvalue weighted by molar-refractivity contribution is 5.49. The molecule has 4 aromatic rings. The van der Waals surface area contributed by atoms with E-state index in [1.54, 1.807) is 21.3 Å². The first kappa shape index (κ1) is 45.9. The van der Waals surface area contributed by atoms with Crippen LogP contribution in [0.1, 0.15) is 99.1 Å². The van der Waals surface area contributed by atoms with Gasteiger partial charge < -0.3 is 28.4 Å². The summed E-state index contributed by atoms with van der Waals surface area (Å²) >= 11 is 0. The Morgan fingerprint density at radius 3 is 1.97 bits per heavy atom. The number of hydrogen-bond donors (Lipinski definition) is 1. The van der Waals surface area contributed by atoms with Crippen LogP contribution in [0.2, 0.25) is 0 Å². The summed E-state index contributed by atoms with van der Waals surface area (Å²) in [5, 5.41) is 10.1. The molecule has 2 unspecified atom stereocenters. The number of unbranched alkanes of at least 4 members (excludes halogenated alkanes) is 9. The predicted molar refractivity (Wildman–Crippen MR) is 232 cm³/mol. The van der Waals surface area contributed by atoms with Crippen LogP contribution >= 0.6 is 0 Å². The summed E-state index contributed by atoms with van der Waals surface area (Å²) < 4.78 is 36.6. The normalized spacial score (nSPS) is 16.8. The molecule has 1 aliphatic rings. The van der Waals surface area contributed by atoms with E-state index in [0.717, 1.165) is 49.0 Å². The van der Waals surface area contributed by atoms with E-state index in [4.69, 9.17) is 28.4 Å². The first-order valence-electron chi connectivity index (χ1n) is 21.1. The Bertz CT molecular complexity index is 2050. The molecule has 1 aromatic heterocycles. The maximum absolute atomic E-state index is 13.3. The van der Waals surface area contributed by atoms with E-state index in [2.05, 4.69) is 29.8 Å². The zero-order chi connectivity index (χ0) is 42.6. The van der Waals surface area contributed by atoms with Crippen molar-refractivity contribution < 1.29 is 28.4 Å². The molecular weight excluding hydrogens is 759 g/mol. The standard InChI is InChI=1S/C49H60N3O8/c1-37(34-50)44-33-46(52-35-38(47(53)51-48(52)54)19-15-12-10-8-6-5-7-9-11-13-18-30-58-32-31-55-2)60-45(44)36-59-49(39-20-16-14-17-21-39,40-22-26-42(56-3)27-23-40)41-24-28-43(57-4)29-25-41/h14,16-17,20-29,35,37,44-46H,1,5-13,18,30-33,36H2,2-4H3,(H,51,53,54)/t37?,44?,45-,46-/m0/s1. The van der Waals surface area contributed by atoms with Crippen LogP contribution in [0.25, 0.3) is 0 Å². The number of methoxy groups -OCH3 is 3. The number of hydrogen-bond acceptors (Lipinski definition) is 9. The van der Waals surface area contributed by atoms with E-state index >= 15 is 0 Å². The van der Waals surface area contributed by atoms with Gasteiger partial charge in [-0.3, -0.25) is 14.3 Å². The van der Waals surface area contributed by atoms with E-state index in [-0.39, 0.29) is 18.1 Å². The van der Waals surface area contributed by atoms with E-state index in [9.17, 15) is 14.9 Å². The fraction of sp³-hybridized carbons (Fsp3) is 0.469. The molecule has 3 aromatic carbocycles. The van der Waals surface area contributed by atoms with E-state index in [0.29, 0.717) is 37.6 Å². The predicted octanol–water partition coefficient (Wildman–Crippen LogP) is 8.36. The maximum atomic E-state index is 13.3. The Labute approximate surface area is 354 Å². The zero-order valence-electron chi connectivity index (χ0n) is 35.4. The van der Waals surface area contributed by atoms with E-state index < -0.39 is 35.1 Å². The lowest BCUT2D eigenvalue weighted by Gasteiger charge is -2.37. The lowest BCUT2D eigenvalue weighted by Crippen LogP contribution is -2.38. The number of nitrogens with one attached hydrogen (secondary N) is 1. The molecule has 2 heterocycles. The lowest BCUT2D eigenvalue weighted by molar-refractivity contribution is -0.0862. The van der Waals surface area contributed by atoms with Gasteiger partial charge in [-0.05, 0) is 67.1 Å². The van der Waals surface area contributed by atoms with Gasteiger partial charge in [-0.1, -0.05) is 111 Å². The first-order chi connectivity index (χ1) is 29.3. The van der Waals surface area contributed by atoms with Gasteiger partial charge in [-0.2, -0.15) is 5.26 Å². The third-order valence-corrected chi connectivity index (χ3v) is 11.1. The molecule has 319 valence electrons. The summed E-state index contributed by atoms with van der Waals surface area (Å²) in [5.41, 5.74) is 0.483. The van der Waals surface area contributed by atoms with Gasteiger partial charge in [-0.25, -0.2) is 4.79 Å². The Balaban J connectivity index is 1.26. The van der Waals surface area contributed by atoms with Crippen LogP contribution in [0.5, 0.6) is 11.5 Å². The Morgan fingerprint density at radius 2 is 1.38 bits per heavy atom. The molecule has 1 saturated heterocycles. The Kier molecular flexibility index (Phi) is 18.5. The maximum Gasteiger partial charge on any atom is 0.330 e. The molecule has 5 rings (SSSR count). The molecule has 11 heteroatoms. The molecule has 0 bridgehead atoms. The lowest BCUT2D eigenvalue weighted by atomic mass is 9.79. The van der Waals surface area contributed by atoms with Crippen LogP contribution in [0.15, 0.2) is 94.6 Å². The van der Waals surface area contributed by atoms with Crippen molar-refractivity contribution in [1.29, 1.82) is 5.26 Å². The number of nitrogens with zero attached hydrogens (tertiary/aromatic N) is 2. The highest BCUT2D eigenvalue weighted by Gasteiger charge is 2.44. The molecule has 0 spiro atoms. The summed E-state index contributed by atoms with van der Waals surface area (Å²) in [7, 11) is 4.93. The molecule has 0 saturated carbocycles. The largest absolute Gasteiger partial charge is 0.497 e. The van der Waals surface area contributed by atoms with Crippen molar-refractivity contribution in [3.63, 3.8) is 0 Å². The third-order valence-electron chi connectivity index (χ3n) is 11.1. The number of ether oxygens (including phenoxy) is 6. The Hall–Kier alpha value is -5.17. The molecule has 1 N–H and O–H groups in total. The summed E-state index contributed by atoms with van der Waals surface area (Å²) in [6, 6.07) is 27.7. The number of aromatic nitrogens is 2. The fourth-order valence-electron chi connectivity index (χ4n) is 7.73. The minimum absolute atomic E-state index is 0.0533. The minimum atomic E-state index is -1.12. The second-order valence-electron chi connectivity index (χ2n) is 15.1. The zero-order valence-corrected chi connectivity index (χ0v) is 35.4. The average molecular weight is 819 g/mol. The van der Waals surface area contributed by atoms with Gasteiger partial charge in [0, 0.05) is 32.3 Å². The summed E-state index contributed by atoms with van der Waals surface area (Å²) in [4.78, 5) is 28.6. The third kappa shape index (κ3) is 12.4. The van der Waals surface area contributed by atoms with E-state index in [1.165, 1.54) is 42.9 Å². The van der Waals surface area contributed by atoms with Crippen molar-refractivity contribution in [1.82, 2.24) is 9.55 Å². The number of H-pyrrole nitrogens is 1. The number of nitriles is 1. The molecule has 4 atom stereocenters. The van der Waals surface area contributed by atoms with Crippen molar-refractivity contribution in [2.24, 2.45) is 11.8 Å². The number of benzene rings is 3. The smallest absolute Gasteiger partial charge is 0.330 e. The van der Waals surface area contributed by atoms with Gasteiger partial charge in [0.25, 0.3) is 5.56 Å². The van der Waals surface area contributed by atoms with Crippen molar-refractivity contribution in [3.05, 3.63) is 135 Å². The number of aromatic amines is 1. The molecule has 0 amide bonds. The van der Waals surface area contributed by atoms with E-state index in [1.807, 2.05) is 78.9 Å². The molecule has 11 nitrogen and oxygen atoms in total. The van der Waals surface area contributed by atoms with Crippen LogP contribution in [-0.4, -0.2) is 63.4 Å². The van der Waals surface area contributed by atoms with Gasteiger partial charge in [0.2, 0.25) is 0 Å². The van der Waals surface area contributed by atoms with Crippen LogP contribution in [0.3, 0.4) is 0 Å². The van der Waals surface area contributed by atoms with Crippen LogP contribution in [0.4, 0.5) is 0 Å². The van der Waals surface area contributed by atoms with Gasteiger partial charge in [0.1, 0.15) is 28.9 Å². The van der Waals surface area contributed by atoms with Crippen LogP contribution < -0.4 is 20.7 Å². The van der Waals surface area contributed by atoms with Crippen molar-refractivity contribution >= 4 is 0 Å². The summed E-state index contributed by atoms with van der Waals surface area (Å²) in [6.07, 6.45) is 11.4. The molecule has 1 aliphatic heterocycles. The molecule has 1 radical (unpaired) electrons. The monoisotopic (exact) mass is 818 g/mol. The SMILES string of the molecule is [CH2]C(C#N)C1C[C@@H](n2cc(C#CCCCCCCCCCCCOCCOC)c(=O)[nH]c2=O)O[C@H]1COC(c1ccccc1)(c1ccc(OC)cc1)c1ccc(OC)cc1. The minimum Gasteiger partial charge on any atom is -0.497 e. The summed E-state index contributed by atoms with van der Waals surface area (Å²) in [5.74, 6) is 6.47. The van der Waals surface area contributed by atoms with Gasteiger partial charge in [0.05, 0.1) is 52.1 Å². The van der Waals surface area contributed by atoms with Crippen molar-refractivity contribution in [2.75, 3.05) is 47.8 Å². The quantitative estimate of drug-likeness (QED) is 0.0421. The van der Waals surface area contributed by atoms with Gasteiger partial charge in [0.15, 0.2) is 0 Å². The van der Waals surface area contributed by atoms with Crippen molar-refractivity contribution in [2.45, 2.75) is 88.6 Å². The topological polar surface area (TPSA) is 134 Å². The first-order valence-corrected chi connectivity index (χ1v) is 21.1. The molecule has 60 heavy (non-hydrogen) atoms. The van der Waals surface area contributed by atoms with Crippen LogP contribution in [-0.2, 0) is 24.5 Å². The van der Waals surface area contributed by atoms with Crippen molar-refractivity contribution in [3.8, 4) is 29.4 Å². The fourth-order valence-corrected chi connectivity index (χ4v) is 7.73. The second-order valence-corrected chi connectivity index (χ2v) is 15.1. The van der Waals surface area contributed by atoms with Gasteiger partial charge >= 0.3 is 5.69 Å². The second kappa shape index (κ2) is 24.2. The number of rotatable bonds is 24. The summed E-state index contributed by atoms with van der Waals surface area (Å²) in [6.45, 7) is 6.30. The van der Waals surface area contributed by atoms with Crippen LogP contribution in [0, 0.1) is 41.9 Å². The van der Waals surface area contributed by atoms with Gasteiger partial charge in [-0.15, -0.1) is 0 Å². The molecule has 1 fully saturated rings. The average Bonchev–Trinajstić information content (AvgIpc) is 3.71. The Morgan fingerprint density at radius 1 is 0.800 bits per heavy atom. The highest BCUT2D eigenvalue weighted by atomic mass is 16.6.